The molecule has 0 amide bonds. The van der Waals surface area contributed by atoms with Gasteiger partial charge < -0.3 is 0 Å². The third-order valence-electron chi connectivity index (χ3n) is 3.57. The molecule has 0 bridgehead atoms. The van der Waals surface area contributed by atoms with Crippen LogP contribution in [0.15, 0.2) is 18.2 Å². The fourth-order valence-electron chi connectivity index (χ4n) is 2.61. The van der Waals surface area contributed by atoms with E-state index < -0.39 is 0 Å². The van der Waals surface area contributed by atoms with Crippen LogP contribution in [0.1, 0.15) is 55.5 Å². The summed E-state index contributed by atoms with van der Waals surface area (Å²) < 4.78 is 0. The van der Waals surface area contributed by atoms with Crippen LogP contribution in [-0.2, 0) is 5.41 Å². The van der Waals surface area contributed by atoms with Gasteiger partial charge in [-0.1, -0.05) is 44.4 Å². The summed E-state index contributed by atoms with van der Waals surface area (Å²) in [7, 11) is 0. The maximum absolute atomic E-state index is 11.9. The van der Waals surface area contributed by atoms with Crippen molar-refractivity contribution in [2.75, 3.05) is 0 Å². The molecule has 1 atom stereocenters. The Morgan fingerprint density at radius 2 is 2.19 bits per heavy atom. The highest BCUT2D eigenvalue weighted by Crippen LogP contribution is 2.42. The van der Waals surface area contributed by atoms with Gasteiger partial charge in [0, 0.05) is 22.4 Å². The van der Waals surface area contributed by atoms with Crippen molar-refractivity contribution in [1.82, 2.24) is 0 Å². The molecule has 86 valence electrons. The van der Waals surface area contributed by atoms with Gasteiger partial charge >= 0.3 is 0 Å². The Morgan fingerprint density at radius 1 is 1.44 bits per heavy atom. The molecule has 0 saturated heterocycles. The topological polar surface area (TPSA) is 17.1 Å². The second-order valence-corrected chi connectivity index (χ2v) is 5.39. The lowest BCUT2D eigenvalue weighted by molar-refractivity contribution is 0.0974. The van der Waals surface area contributed by atoms with Crippen molar-refractivity contribution in [2.24, 2.45) is 0 Å². The number of benzene rings is 1. The molecule has 0 saturated carbocycles. The standard InChI is InChI=1S/C14H17ClO/c1-3-4-7-14(2)9-13(16)11-8-10(15)5-6-12(11)14/h5-6,8H,3-4,7,9H2,1-2H3/t14-/m1/s1. The molecule has 16 heavy (non-hydrogen) atoms. The fourth-order valence-corrected chi connectivity index (χ4v) is 2.78. The Labute approximate surface area is 102 Å². The van der Waals surface area contributed by atoms with Crippen molar-refractivity contribution in [3.63, 3.8) is 0 Å². The zero-order valence-electron chi connectivity index (χ0n) is 9.85. The molecule has 0 aliphatic heterocycles. The van der Waals surface area contributed by atoms with Gasteiger partial charge in [0.2, 0.25) is 0 Å². The van der Waals surface area contributed by atoms with Crippen molar-refractivity contribution in [3.8, 4) is 0 Å². The number of hydrogen-bond donors (Lipinski definition) is 0. The first-order chi connectivity index (χ1) is 7.57. The summed E-state index contributed by atoms with van der Waals surface area (Å²) in [5.41, 5.74) is 2.06. The Balaban J connectivity index is 2.38. The maximum Gasteiger partial charge on any atom is 0.164 e. The third kappa shape index (κ3) is 1.89. The van der Waals surface area contributed by atoms with Gasteiger partial charge in [-0.15, -0.1) is 0 Å². The molecular weight excluding hydrogens is 220 g/mol. The number of carbonyl (C=O) groups is 1. The second kappa shape index (κ2) is 4.21. The van der Waals surface area contributed by atoms with E-state index in [0.29, 0.717) is 11.4 Å². The third-order valence-corrected chi connectivity index (χ3v) is 3.80. The molecule has 0 N–H and O–H groups in total. The lowest BCUT2D eigenvalue weighted by atomic mass is 9.79. The van der Waals surface area contributed by atoms with E-state index >= 15 is 0 Å². The summed E-state index contributed by atoms with van der Waals surface area (Å²) in [5.74, 6) is 0.246. The quantitative estimate of drug-likeness (QED) is 0.762. The van der Waals surface area contributed by atoms with Gasteiger partial charge in [-0.2, -0.15) is 0 Å². The van der Waals surface area contributed by atoms with E-state index in [0.717, 1.165) is 12.0 Å². The van der Waals surface area contributed by atoms with Gasteiger partial charge in [0.25, 0.3) is 0 Å². The SMILES string of the molecule is CCCC[C@]1(C)CC(=O)c2cc(Cl)ccc21. The van der Waals surface area contributed by atoms with Crippen LogP contribution in [0, 0.1) is 0 Å². The van der Waals surface area contributed by atoms with Gasteiger partial charge in [-0.05, 0) is 24.1 Å². The van der Waals surface area contributed by atoms with Crippen molar-refractivity contribution >= 4 is 17.4 Å². The smallest absolute Gasteiger partial charge is 0.164 e. The predicted molar refractivity (Wildman–Crippen MR) is 67.3 cm³/mol. The van der Waals surface area contributed by atoms with E-state index in [1.54, 1.807) is 0 Å². The number of unbranched alkanes of at least 4 members (excludes halogenated alkanes) is 1. The highest BCUT2D eigenvalue weighted by atomic mass is 35.5. The summed E-state index contributed by atoms with van der Waals surface area (Å²) in [4.78, 5) is 11.9. The molecule has 1 aliphatic carbocycles. The minimum Gasteiger partial charge on any atom is -0.294 e. The summed E-state index contributed by atoms with van der Waals surface area (Å²) >= 11 is 5.93. The highest BCUT2D eigenvalue weighted by Gasteiger charge is 2.38. The van der Waals surface area contributed by atoms with Crippen LogP contribution >= 0.6 is 11.6 Å². The summed E-state index contributed by atoms with van der Waals surface area (Å²) in [6, 6.07) is 5.73. The largest absolute Gasteiger partial charge is 0.294 e. The molecule has 0 fully saturated rings. The first kappa shape index (κ1) is 11.7. The summed E-state index contributed by atoms with van der Waals surface area (Å²) in [6.07, 6.45) is 4.07. The number of fused-ring (bicyclic) bond motifs is 1. The molecular formula is C14H17ClO. The molecule has 1 aliphatic rings. The number of carbonyl (C=O) groups excluding carboxylic acids is 1. The molecule has 0 unspecified atom stereocenters. The van der Waals surface area contributed by atoms with Gasteiger partial charge in [0.05, 0.1) is 0 Å². The van der Waals surface area contributed by atoms with Gasteiger partial charge in [-0.3, -0.25) is 4.79 Å². The summed E-state index contributed by atoms with van der Waals surface area (Å²) in [5, 5.41) is 0.659. The number of Topliss-reactive ketones (excluding diaryl/α,β-unsaturated/α-hetero) is 1. The molecule has 2 rings (SSSR count). The van der Waals surface area contributed by atoms with Gasteiger partial charge in [-0.25, -0.2) is 0 Å². The number of hydrogen-bond acceptors (Lipinski definition) is 1. The van der Waals surface area contributed by atoms with E-state index in [-0.39, 0.29) is 11.2 Å². The monoisotopic (exact) mass is 236 g/mol. The lowest BCUT2D eigenvalue weighted by Crippen LogP contribution is -2.18. The second-order valence-electron chi connectivity index (χ2n) is 4.95. The summed E-state index contributed by atoms with van der Waals surface area (Å²) in [6.45, 7) is 4.38. The molecule has 1 aromatic rings. The van der Waals surface area contributed by atoms with Crippen LogP contribution in [0.5, 0.6) is 0 Å². The van der Waals surface area contributed by atoms with Crippen LogP contribution in [0.3, 0.4) is 0 Å². The maximum atomic E-state index is 11.9. The van der Waals surface area contributed by atoms with E-state index in [9.17, 15) is 4.79 Å². The van der Waals surface area contributed by atoms with E-state index in [4.69, 9.17) is 11.6 Å². The fraction of sp³-hybridized carbons (Fsp3) is 0.500. The predicted octanol–water partition coefficient (Wildman–Crippen LogP) is 4.37. The van der Waals surface area contributed by atoms with Gasteiger partial charge in [0.15, 0.2) is 5.78 Å². The Kier molecular flexibility index (Phi) is 3.07. The van der Waals surface area contributed by atoms with Crippen LogP contribution < -0.4 is 0 Å². The average molecular weight is 237 g/mol. The number of halogens is 1. The normalized spacial score (nSPS) is 23.6. The molecule has 0 heterocycles. The molecule has 0 spiro atoms. The zero-order valence-corrected chi connectivity index (χ0v) is 10.6. The average Bonchev–Trinajstić information content (AvgIpc) is 2.49. The van der Waals surface area contributed by atoms with Crippen molar-refractivity contribution in [3.05, 3.63) is 34.3 Å². The van der Waals surface area contributed by atoms with Crippen LogP contribution in [0.25, 0.3) is 0 Å². The Morgan fingerprint density at radius 3 is 2.88 bits per heavy atom. The van der Waals surface area contributed by atoms with Crippen molar-refractivity contribution in [1.29, 1.82) is 0 Å². The molecule has 0 aromatic heterocycles. The van der Waals surface area contributed by atoms with Gasteiger partial charge in [0.1, 0.15) is 0 Å². The molecule has 2 heteroatoms. The van der Waals surface area contributed by atoms with E-state index in [2.05, 4.69) is 13.8 Å². The first-order valence-corrected chi connectivity index (χ1v) is 6.28. The first-order valence-electron chi connectivity index (χ1n) is 5.90. The minimum atomic E-state index is 0.0347. The van der Waals surface area contributed by atoms with E-state index in [1.165, 1.54) is 18.4 Å². The number of rotatable bonds is 3. The Bertz CT molecular complexity index is 425. The zero-order chi connectivity index (χ0) is 11.8. The van der Waals surface area contributed by atoms with Crippen molar-refractivity contribution in [2.45, 2.75) is 44.9 Å². The van der Waals surface area contributed by atoms with Crippen molar-refractivity contribution < 1.29 is 4.79 Å². The van der Waals surface area contributed by atoms with Crippen LogP contribution in [0.4, 0.5) is 0 Å². The Hall–Kier alpha value is -0.820. The molecule has 1 nitrogen and oxygen atoms in total. The van der Waals surface area contributed by atoms with E-state index in [1.807, 2.05) is 18.2 Å². The lowest BCUT2D eigenvalue weighted by Gasteiger charge is -2.24. The minimum absolute atomic E-state index is 0.0347. The molecule has 0 radical (unpaired) electrons. The number of ketones is 1. The highest BCUT2D eigenvalue weighted by molar-refractivity contribution is 6.31. The van der Waals surface area contributed by atoms with Crippen LogP contribution in [0.2, 0.25) is 5.02 Å². The molecule has 1 aromatic carbocycles. The van der Waals surface area contributed by atoms with Crippen LogP contribution in [-0.4, -0.2) is 5.78 Å².